The summed E-state index contributed by atoms with van der Waals surface area (Å²) in [5, 5.41) is 2.63. The summed E-state index contributed by atoms with van der Waals surface area (Å²) in [4.78, 5) is 12.9. The Morgan fingerprint density at radius 2 is 1.46 bits per heavy atom. The Labute approximate surface area is 162 Å². The Morgan fingerprint density at radius 1 is 0.857 bits per heavy atom. The predicted molar refractivity (Wildman–Crippen MR) is 102 cm³/mol. The molecule has 3 nitrogen and oxygen atoms in total. The van der Waals surface area contributed by atoms with Crippen LogP contribution in [0.25, 0.3) is 0 Å². The first-order chi connectivity index (χ1) is 13.3. The molecule has 0 radical (unpaired) electrons. The molecule has 0 aliphatic carbocycles. The third-order valence-electron chi connectivity index (χ3n) is 3.99. The monoisotopic (exact) mass is 403 g/mol. The first-order valence-corrected chi connectivity index (χ1v) is 9.66. The molecule has 1 N–H and O–H groups in total. The van der Waals surface area contributed by atoms with E-state index in [-0.39, 0.29) is 5.56 Å². The van der Waals surface area contributed by atoms with Crippen molar-refractivity contribution in [3.8, 4) is 0 Å². The van der Waals surface area contributed by atoms with Crippen LogP contribution in [0.1, 0.15) is 21.5 Å². The lowest BCUT2D eigenvalue weighted by atomic mass is 10.1. The first-order valence-electron chi connectivity index (χ1n) is 8.34. The van der Waals surface area contributed by atoms with Crippen LogP contribution in [0, 0.1) is 0 Å². The summed E-state index contributed by atoms with van der Waals surface area (Å²) >= 11 is 0. The van der Waals surface area contributed by atoms with E-state index in [4.69, 9.17) is 0 Å². The van der Waals surface area contributed by atoms with Gasteiger partial charge in [-0.05, 0) is 54.1 Å². The molecule has 0 spiro atoms. The second-order valence-electron chi connectivity index (χ2n) is 6.03. The van der Waals surface area contributed by atoms with Crippen LogP contribution in [0.3, 0.4) is 0 Å². The summed E-state index contributed by atoms with van der Waals surface area (Å²) in [5.41, 5.74) is 0.663. The van der Waals surface area contributed by atoms with E-state index in [0.29, 0.717) is 11.4 Å². The standard InChI is InChI=1S/C21H16F3NO2S/c22-21(23,24)17-10-8-16(9-11-17)20(26)25-18-12-6-15(7-13-18)14-28(27)19-4-2-1-3-5-19/h1-13H,14H2,(H,25,26)/t28-/m0/s1. The summed E-state index contributed by atoms with van der Waals surface area (Å²) in [6.07, 6.45) is -4.44. The number of carbonyl (C=O) groups excluding carboxylic acids is 1. The molecule has 3 aromatic carbocycles. The van der Waals surface area contributed by atoms with Crippen LogP contribution in [0.5, 0.6) is 0 Å². The number of rotatable bonds is 5. The van der Waals surface area contributed by atoms with Crippen molar-refractivity contribution in [2.75, 3.05) is 5.32 Å². The molecule has 0 heterocycles. The highest BCUT2D eigenvalue weighted by molar-refractivity contribution is 7.84. The molecule has 0 aliphatic heterocycles. The van der Waals surface area contributed by atoms with Gasteiger partial charge in [-0.2, -0.15) is 13.2 Å². The van der Waals surface area contributed by atoms with Crippen LogP contribution in [0.15, 0.2) is 83.8 Å². The number of nitrogens with one attached hydrogen (secondary N) is 1. The molecule has 3 rings (SSSR count). The van der Waals surface area contributed by atoms with Gasteiger partial charge >= 0.3 is 6.18 Å². The number of hydrogen-bond acceptors (Lipinski definition) is 2. The molecule has 1 amide bonds. The molecular weight excluding hydrogens is 387 g/mol. The van der Waals surface area contributed by atoms with Crippen molar-refractivity contribution >= 4 is 22.4 Å². The Bertz CT molecular complexity index is 969. The highest BCUT2D eigenvalue weighted by Crippen LogP contribution is 2.29. The van der Waals surface area contributed by atoms with Crippen molar-refractivity contribution in [2.45, 2.75) is 16.8 Å². The molecule has 0 bridgehead atoms. The normalized spacial score (nSPS) is 12.4. The maximum absolute atomic E-state index is 12.6. The molecular formula is C21H16F3NO2S. The average molecular weight is 403 g/mol. The van der Waals surface area contributed by atoms with Crippen LogP contribution >= 0.6 is 0 Å². The number of hydrogen-bond donors (Lipinski definition) is 1. The summed E-state index contributed by atoms with van der Waals surface area (Å²) in [6, 6.07) is 20.0. The molecule has 0 aliphatic rings. The minimum absolute atomic E-state index is 0.127. The number of anilines is 1. The number of carbonyl (C=O) groups is 1. The van der Waals surface area contributed by atoms with E-state index in [1.807, 2.05) is 18.2 Å². The highest BCUT2D eigenvalue weighted by Gasteiger charge is 2.30. The van der Waals surface area contributed by atoms with Crippen LogP contribution in [0.2, 0.25) is 0 Å². The third-order valence-corrected chi connectivity index (χ3v) is 5.38. The summed E-state index contributed by atoms with van der Waals surface area (Å²) < 4.78 is 50.1. The Hall–Kier alpha value is -2.93. The summed E-state index contributed by atoms with van der Waals surface area (Å²) in [5.74, 6) is -0.161. The first kappa shape index (κ1) is 19.8. The molecule has 0 saturated heterocycles. The van der Waals surface area contributed by atoms with Gasteiger partial charge in [-0.15, -0.1) is 0 Å². The average Bonchev–Trinajstić information content (AvgIpc) is 2.69. The minimum Gasteiger partial charge on any atom is -0.322 e. The zero-order chi connectivity index (χ0) is 20.1. The van der Waals surface area contributed by atoms with Gasteiger partial charge in [0.15, 0.2) is 0 Å². The molecule has 0 aromatic heterocycles. The zero-order valence-electron chi connectivity index (χ0n) is 14.6. The van der Waals surface area contributed by atoms with E-state index < -0.39 is 28.4 Å². The number of alkyl halides is 3. The molecule has 7 heteroatoms. The van der Waals surface area contributed by atoms with Gasteiger partial charge in [0.05, 0.1) is 22.1 Å². The smallest absolute Gasteiger partial charge is 0.322 e. The maximum Gasteiger partial charge on any atom is 0.416 e. The second kappa shape index (κ2) is 8.39. The van der Waals surface area contributed by atoms with Crippen molar-refractivity contribution in [1.82, 2.24) is 0 Å². The largest absolute Gasteiger partial charge is 0.416 e. The fourth-order valence-electron chi connectivity index (χ4n) is 2.51. The Balaban J connectivity index is 1.62. The molecule has 28 heavy (non-hydrogen) atoms. The van der Waals surface area contributed by atoms with Crippen LogP contribution in [0.4, 0.5) is 18.9 Å². The van der Waals surface area contributed by atoms with Crippen molar-refractivity contribution in [1.29, 1.82) is 0 Å². The van der Waals surface area contributed by atoms with Crippen LogP contribution in [-0.2, 0) is 22.7 Å². The molecule has 0 saturated carbocycles. The lowest BCUT2D eigenvalue weighted by Crippen LogP contribution is -2.13. The van der Waals surface area contributed by atoms with E-state index in [9.17, 15) is 22.2 Å². The van der Waals surface area contributed by atoms with E-state index in [0.717, 1.165) is 34.7 Å². The van der Waals surface area contributed by atoms with Gasteiger partial charge in [-0.3, -0.25) is 9.00 Å². The number of benzene rings is 3. The Kier molecular flexibility index (Phi) is 5.94. The van der Waals surface area contributed by atoms with Crippen molar-refractivity contribution in [2.24, 2.45) is 0 Å². The topological polar surface area (TPSA) is 46.2 Å². The SMILES string of the molecule is O=C(Nc1ccc(C[S@](=O)c2ccccc2)cc1)c1ccc(C(F)(F)F)cc1. The van der Waals surface area contributed by atoms with Gasteiger partial charge in [-0.25, -0.2) is 0 Å². The van der Waals surface area contributed by atoms with Crippen molar-refractivity contribution in [3.63, 3.8) is 0 Å². The number of halogens is 3. The Morgan fingerprint density at radius 3 is 2.04 bits per heavy atom. The fourth-order valence-corrected chi connectivity index (χ4v) is 3.63. The van der Waals surface area contributed by atoms with Gasteiger partial charge in [0.1, 0.15) is 0 Å². The van der Waals surface area contributed by atoms with Crippen LogP contribution in [-0.4, -0.2) is 10.1 Å². The minimum atomic E-state index is -4.44. The molecule has 0 unspecified atom stereocenters. The third kappa shape index (κ3) is 5.07. The predicted octanol–water partition coefficient (Wildman–Crippen LogP) is 5.27. The van der Waals surface area contributed by atoms with Crippen molar-refractivity contribution < 1.29 is 22.2 Å². The lowest BCUT2D eigenvalue weighted by Gasteiger charge is -2.09. The van der Waals surface area contributed by atoms with Gasteiger partial charge in [0.25, 0.3) is 5.91 Å². The van der Waals surface area contributed by atoms with E-state index in [1.54, 1.807) is 36.4 Å². The summed E-state index contributed by atoms with van der Waals surface area (Å²) in [6.45, 7) is 0. The van der Waals surface area contributed by atoms with E-state index >= 15 is 0 Å². The molecule has 3 aromatic rings. The van der Waals surface area contributed by atoms with Crippen LogP contribution < -0.4 is 5.32 Å². The van der Waals surface area contributed by atoms with Crippen molar-refractivity contribution in [3.05, 3.63) is 95.6 Å². The quantitative estimate of drug-likeness (QED) is 0.631. The van der Waals surface area contributed by atoms with Gasteiger partial charge < -0.3 is 5.32 Å². The zero-order valence-corrected chi connectivity index (χ0v) is 15.4. The molecule has 0 fully saturated rings. The maximum atomic E-state index is 12.6. The fraction of sp³-hybridized carbons (Fsp3) is 0.0952. The van der Waals surface area contributed by atoms with E-state index in [1.165, 1.54) is 0 Å². The lowest BCUT2D eigenvalue weighted by molar-refractivity contribution is -0.137. The van der Waals surface area contributed by atoms with Gasteiger partial charge in [-0.1, -0.05) is 30.3 Å². The summed E-state index contributed by atoms with van der Waals surface area (Å²) in [7, 11) is -1.17. The number of amides is 1. The molecule has 1 atom stereocenters. The van der Waals surface area contributed by atoms with Gasteiger partial charge in [0.2, 0.25) is 0 Å². The molecule has 144 valence electrons. The second-order valence-corrected chi connectivity index (χ2v) is 7.48. The van der Waals surface area contributed by atoms with E-state index in [2.05, 4.69) is 5.32 Å². The van der Waals surface area contributed by atoms with Gasteiger partial charge in [0, 0.05) is 16.1 Å². The highest BCUT2D eigenvalue weighted by atomic mass is 32.2.